The summed E-state index contributed by atoms with van der Waals surface area (Å²) in [4.78, 5) is 12.1. The van der Waals surface area contributed by atoms with Crippen molar-refractivity contribution in [3.05, 3.63) is 23.2 Å². The predicted octanol–water partition coefficient (Wildman–Crippen LogP) is 3.81. The van der Waals surface area contributed by atoms with Crippen LogP contribution in [0.2, 0.25) is 5.02 Å². The van der Waals surface area contributed by atoms with E-state index in [2.05, 4.69) is 5.32 Å². The van der Waals surface area contributed by atoms with Gasteiger partial charge in [0.1, 0.15) is 5.75 Å². The highest BCUT2D eigenvalue weighted by Gasteiger charge is 2.28. The van der Waals surface area contributed by atoms with Crippen LogP contribution in [0.3, 0.4) is 0 Å². The van der Waals surface area contributed by atoms with Crippen molar-refractivity contribution in [3.8, 4) is 5.75 Å². The van der Waals surface area contributed by atoms with Gasteiger partial charge in [0.25, 0.3) is 0 Å². The normalized spacial score (nSPS) is 15.4. The van der Waals surface area contributed by atoms with Crippen molar-refractivity contribution in [1.29, 1.82) is 0 Å². The van der Waals surface area contributed by atoms with Crippen molar-refractivity contribution >= 4 is 33.0 Å². The lowest BCUT2D eigenvalue weighted by Gasteiger charge is -2.14. The Hall–Kier alpha value is -1.27. The highest BCUT2D eigenvalue weighted by Crippen LogP contribution is 2.29. The summed E-state index contributed by atoms with van der Waals surface area (Å²) in [6, 6.07) is 4.99. The Balaban J connectivity index is 1.95. The molecule has 1 aliphatic rings. The van der Waals surface area contributed by atoms with Crippen LogP contribution in [-0.4, -0.2) is 31.9 Å². The SMILES string of the molecule is CCCOc1ccc(Cl)cc1NC(=O)CCS(=O)(=O)C1CCCC1. The molecule has 0 radical (unpaired) electrons. The van der Waals surface area contributed by atoms with Crippen LogP contribution in [0.5, 0.6) is 5.75 Å². The van der Waals surface area contributed by atoms with Crippen molar-refractivity contribution in [3.63, 3.8) is 0 Å². The third-order valence-corrected chi connectivity index (χ3v) is 6.60. The number of amides is 1. The number of benzene rings is 1. The van der Waals surface area contributed by atoms with Crippen molar-refractivity contribution in [2.45, 2.75) is 50.7 Å². The third kappa shape index (κ3) is 5.38. The van der Waals surface area contributed by atoms with Crippen molar-refractivity contribution in [2.24, 2.45) is 0 Å². The molecular weight excluding hydrogens is 350 g/mol. The highest BCUT2D eigenvalue weighted by atomic mass is 35.5. The van der Waals surface area contributed by atoms with E-state index < -0.39 is 9.84 Å². The quantitative estimate of drug-likeness (QED) is 0.751. The van der Waals surface area contributed by atoms with Crippen molar-refractivity contribution in [1.82, 2.24) is 0 Å². The van der Waals surface area contributed by atoms with E-state index in [1.165, 1.54) is 0 Å². The van der Waals surface area contributed by atoms with E-state index in [-0.39, 0.29) is 23.3 Å². The molecule has 1 amide bonds. The molecule has 0 aliphatic heterocycles. The molecule has 0 aromatic heterocycles. The minimum Gasteiger partial charge on any atom is -0.491 e. The minimum absolute atomic E-state index is 0.0570. The fourth-order valence-corrected chi connectivity index (χ4v) is 4.83. The van der Waals surface area contributed by atoms with Gasteiger partial charge in [-0.3, -0.25) is 4.79 Å². The molecule has 1 saturated carbocycles. The fraction of sp³-hybridized carbons (Fsp3) is 0.588. The largest absolute Gasteiger partial charge is 0.491 e. The summed E-state index contributed by atoms with van der Waals surface area (Å²) in [5.41, 5.74) is 0.471. The maximum absolute atomic E-state index is 12.2. The van der Waals surface area contributed by atoms with Crippen LogP contribution in [0.15, 0.2) is 18.2 Å². The lowest BCUT2D eigenvalue weighted by molar-refractivity contribution is -0.115. The average Bonchev–Trinajstić information content (AvgIpc) is 3.08. The van der Waals surface area contributed by atoms with Gasteiger partial charge in [0.05, 0.1) is 23.3 Å². The Kier molecular flexibility index (Phi) is 6.92. The first kappa shape index (κ1) is 19.1. The fourth-order valence-electron chi connectivity index (χ4n) is 2.80. The van der Waals surface area contributed by atoms with Gasteiger partial charge in [0.2, 0.25) is 5.91 Å². The molecule has 0 atom stereocenters. The number of sulfone groups is 1. The summed E-state index contributed by atoms with van der Waals surface area (Å²) < 4.78 is 30.0. The standard InChI is InChI=1S/C17H24ClNO4S/c1-2-10-23-16-8-7-13(18)12-15(16)19-17(20)9-11-24(21,22)14-5-3-4-6-14/h7-8,12,14H,2-6,9-11H2,1H3,(H,19,20). The summed E-state index contributed by atoms with van der Waals surface area (Å²) in [6.45, 7) is 2.52. The van der Waals surface area contributed by atoms with E-state index in [1.807, 2.05) is 6.92 Å². The Morgan fingerprint density at radius 2 is 2.04 bits per heavy atom. The number of rotatable bonds is 8. The van der Waals surface area contributed by atoms with Gasteiger partial charge >= 0.3 is 0 Å². The maximum Gasteiger partial charge on any atom is 0.225 e. The lowest BCUT2D eigenvalue weighted by atomic mass is 10.2. The Labute approximate surface area is 148 Å². The van der Waals surface area contributed by atoms with Crippen LogP contribution in [0.1, 0.15) is 45.4 Å². The first-order valence-electron chi connectivity index (χ1n) is 8.36. The monoisotopic (exact) mass is 373 g/mol. The molecule has 0 spiro atoms. The van der Waals surface area contributed by atoms with E-state index in [0.29, 0.717) is 35.9 Å². The highest BCUT2D eigenvalue weighted by molar-refractivity contribution is 7.92. The molecule has 1 aromatic carbocycles. The molecule has 7 heteroatoms. The number of hydrogen-bond acceptors (Lipinski definition) is 4. The number of carbonyl (C=O) groups excluding carboxylic acids is 1. The number of carbonyl (C=O) groups is 1. The van der Waals surface area contributed by atoms with Crippen LogP contribution in [0, 0.1) is 0 Å². The van der Waals surface area contributed by atoms with Gasteiger partial charge < -0.3 is 10.1 Å². The number of anilines is 1. The number of ether oxygens (including phenoxy) is 1. The first-order valence-corrected chi connectivity index (χ1v) is 10.5. The second-order valence-corrected chi connectivity index (χ2v) is 8.90. The Bertz CT molecular complexity index is 669. The van der Waals surface area contributed by atoms with Gasteiger partial charge in [0.15, 0.2) is 9.84 Å². The van der Waals surface area contributed by atoms with E-state index in [4.69, 9.17) is 16.3 Å². The summed E-state index contributed by atoms with van der Waals surface area (Å²) in [5, 5.41) is 2.91. The Morgan fingerprint density at radius 1 is 1.33 bits per heavy atom. The van der Waals surface area contributed by atoms with Gasteiger partial charge in [-0.1, -0.05) is 31.4 Å². The predicted molar refractivity (Wildman–Crippen MR) is 96.5 cm³/mol. The summed E-state index contributed by atoms with van der Waals surface area (Å²) in [5.74, 6) is 0.0725. The maximum atomic E-state index is 12.2. The van der Waals surface area contributed by atoms with Crippen LogP contribution in [-0.2, 0) is 14.6 Å². The van der Waals surface area contributed by atoms with Crippen LogP contribution in [0.25, 0.3) is 0 Å². The molecule has 1 fully saturated rings. The van der Waals surface area contributed by atoms with E-state index >= 15 is 0 Å². The molecule has 1 N–H and O–H groups in total. The Morgan fingerprint density at radius 3 is 2.71 bits per heavy atom. The van der Waals surface area contributed by atoms with Gasteiger partial charge in [-0.05, 0) is 37.5 Å². The van der Waals surface area contributed by atoms with Crippen molar-refractivity contribution < 1.29 is 17.9 Å². The first-order chi connectivity index (χ1) is 11.4. The molecular formula is C17H24ClNO4S. The molecule has 0 bridgehead atoms. The van der Waals surface area contributed by atoms with Crippen LogP contribution >= 0.6 is 11.6 Å². The lowest BCUT2D eigenvalue weighted by Crippen LogP contribution is -2.24. The number of halogens is 1. The molecule has 1 aliphatic carbocycles. The van der Waals surface area contributed by atoms with Gasteiger partial charge in [-0.15, -0.1) is 0 Å². The van der Waals surface area contributed by atoms with Gasteiger partial charge in [0, 0.05) is 11.4 Å². The third-order valence-electron chi connectivity index (χ3n) is 4.10. The topological polar surface area (TPSA) is 72.5 Å². The molecule has 2 rings (SSSR count). The number of nitrogens with one attached hydrogen (secondary N) is 1. The van der Waals surface area contributed by atoms with Gasteiger partial charge in [-0.2, -0.15) is 0 Å². The van der Waals surface area contributed by atoms with Crippen molar-refractivity contribution in [2.75, 3.05) is 17.7 Å². The summed E-state index contributed by atoms with van der Waals surface area (Å²) in [7, 11) is -3.20. The summed E-state index contributed by atoms with van der Waals surface area (Å²) >= 11 is 5.97. The molecule has 24 heavy (non-hydrogen) atoms. The molecule has 134 valence electrons. The second kappa shape index (κ2) is 8.72. The van der Waals surface area contributed by atoms with E-state index in [9.17, 15) is 13.2 Å². The zero-order chi connectivity index (χ0) is 17.6. The van der Waals surface area contributed by atoms with E-state index in [1.54, 1.807) is 18.2 Å². The summed E-state index contributed by atoms with van der Waals surface area (Å²) in [6.07, 6.45) is 4.13. The van der Waals surface area contributed by atoms with Crippen LogP contribution < -0.4 is 10.1 Å². The van der Waals surface area contributed by atoms with Crippen LogP contribution in [0.4, 0.5) is 5.69 Å². The molecule has 0 heterocycles. The second-order valence-electron chi connectivity index (χ2n) is 6.06. The molecule has 0 saturated heterocycles. The van der Waals surface area contributed by atoms with E-state index in [0.717, 1.165) is 19.3 Å². The molecule has 1 aromatic rings. The smallest absolute Gasteiger partial charge is 0.225 e. The number of hydrogen-bond donors (Lipinski definition) is 1. The molecule has 5 nitrogen and oxygen atoms in total. The zero-order valence-corrected chi connectivity index (χ0v) is 15.5. The van der Waals surface area contributed by atoms with Gasteiger partial charge in [-0.25, -0.2) is 8.42 Å². The average molecular weight is 374 g/mol. The minimum atomic E-state index is -3.20. The zero-order valence-electron chi connectivity index (χ0n) is 13.9. The molecule has 0 unspecified atom stereocenters.